The molecule has 1 aromatic rings. The van der Waals surface area contributed by atoms with Crippen molar-refractivity contribution in [2.24, 2.45) is 5.92 Å². The van der Waals surface area contributed by atoms with Crippen LogP contribution in [0.5, 0.6) is 0 Å². The summed E-state index contributed by atoms with van der Waals surface area (Å²) in [5, 5.41) is 2.73. The van der Waals surface area contributed by atoms with E-state index in [1.165, 1.54) is 31.0 Å². The molecule has 0 spiro atoms. The van der Waals surface area contributed by atoms with Crippen molar-refractivity contribution in [2.45, 2.75) is 19.3 Å². The molecule has 2 rings (SSSR count). The number of carbonyl (C=O) groups excluding carboxylic acids is 1. The quantitative estimate of drug-likeness (QED) is 0.766. The van der Waals surface area contributed by atoms with Gasteiger partial charge in [-0.1, -0.05) is 18.9 Å². The summed E-state index contributed by atoms with van der Waals surface area (Å²) >= 11 is 0. The molecule has 0 saturated heterocycles. The van der Waals surface area contributed by atoms with Crippen molar-refractivity contribution < 1.29 is 9.18 Å². The van der Waals surface area contributed by atoms with Crippen LogP contribution in [0.3, 0.4) is 0 Å². The third-order valence-corrected chi connectivity index (χ3v) is 2.48. The highest BCUT2D eigenvalue weighted by molar-refractivity contribution is 5.92. The summed E-state index contributed by atoms with van der Waals surface area (Å²) in [5.74, 6) is -0.134. The molecule has 0 unspecified atom stereocenters. The molecule has 0 atom stereocenters. The van der Waals surface area contributed by atoms with Crippen molar-refractivity contribution >= 4 is 5.91 Å². The molecule has 0 bridgehead atoms. The summed E-state index contributed by atoms with van der Waals surface area (Å²) < 4.78 is 12.7. The number of hydrogen-bond acceptors (Lipinski definition) is 2. The van der Waals surface area contributed by atoms with E-state index < -0.39 is 5.95 Å². The second kappa shape index (κ2) is 4.38. The standard InChI is InChI=1S/C11H13FN2O/c12-10-3-1-2-9(14-10)11(15)13-7-6-8-4-5-8/h1-3,8H,4-7H2,(H,13,15). The Bertz CT molecular complexity index is 363. The second-order valence-electron chi connectivity index (χ2n) is 3.83. The Labute approximate surface area is 87.7 Å². The van der Waals surface area contributed by atoms with Crippen LogP contribution in [-0.4, -0.2) is 17.4 Å². The lowest BCUT2D eigenvalue weighted by Crippen LogP contribution is -2.25. The molecule has 3 nitrogen and oxygen atoms in total. The minimum Gasteiger partial charge on any atom is -0.351 e. The Morgan fingerprint density at radius 2 is 2.33 bits per heavy atom. The monoisotopic (exact) mass is 208 g/mol. The Hall–Kier alpha value is -1.45. The van der Waals surface area contributed by atoms with Crippen molar-refractivity contribution in [2.75, 3.05) is 6.54 Å². The van der Waals surface area contributed by atoms with Gasteiger partial charge in [0.1, 0.15) is 5.69 Å². The average molecular weight is 208 g/mol. The maximum Gasteiger partial charge on any atom is 0.269 e. The van der Waals surface area contributed by atoms with E-state index in [2.05, 4.69) is 10.3 Å². The highest BCUT2D eigenvalue weighted by Gasteiger charge is 2.20. The largest absolute Gasteiger partial charge is 0.351 e. The molecule has 0 aromatic carbocycles. The number of nitrogens with one attached hydrogen (secondary N) is 1. The Kier molecular flexibility index (Phi) is 2.94. The van der Waals surface area contributed by atoms with Crippen molar-refractivity contribution in [3.8, 4) is 0 Å². The van der Waals surface area contributed by atoms with Crippen LogP contribution >= 0.6 is 0 Å². The van der Waals surface area contributed by atoms with Crippen LogP contribution in [0.2, 0.25) is 0 Å². The zero-order chi connectivity index (χ0) is 10.7. The van der Waals surface area contributed by atoms with Gasteiger partial charge in [-0.2, -0.15) is 4.39 Å². The third-order valence-electron chi connectivity index (χ3n) is 2.48. The maximum atomic E-state index is 12.7. The van der Waals surface area contributed by atoms with Gasteiger partial charge >= 0.3 is 0 Å². The van der Waals surface area contributed by atoms with E-state index in [0.717, 1.165) is 12.3 Å². The van der Waals surface area contributed by atoms with Crippen molar-refractivity contribution in [1.29, 1.82) is 0 Å². The molecule has 1 aromatic heterocycles. The van der Waals surface area contributed by atoms with E-state index >= 15 is 0 Å². The average Bonchev–Trinajstić information content (AvgIpc) is 3.01. The number of nitrogens with zero attached hydrogens (tertiary/aromatic N) is 1. The van der Waals surface area contributed by atoms with Crippen LogP contribution in [0.15, 0.2) is 18.2 Å². The fourth-order valence-electron chi connectivity index (χ4n) is 1.42. The van der Waals surface area contributed by atoms with E-state index in [-0.39, 0.29) is 11.6 Å². The third kappa shape index (κ3) is 3.01. The highest BCUT2D eigenvalue weighted by atomic mass is 19.1. The fourth-order valence-corrected chi connectivity index (χ4v) is 1.42. The van der Waals surface area contributed by atoms with Gasteiger partial charge in [-0.25, -0.2) is 4.98 Å². The first-order chi connectivity index (χ1) is 7.25. The van der Waals surface area contributed by atoms with Gasteiger partial charge in [0.25, 0.3) is 5.91 Å². The van der Waals surface area contributed by atoms with Crippen molar-refractivity contribution in [1.82, 2.24) is 10.3 Å². The molecule has 0 radical (unpaired) electrons. The van der Waals surface area contributed by atoms with E-state index in [4.69, 9.17) is 0 Å². The molecule has 15 heavy (non-hydrogen) atoms. The van der Waals surface area contributed by atoms with Crippen LogP contribution in [0.1, 0.15) is 29.8 Å². The van der Waals surface area contributed by atoms with Crippen LogP contribution in [0, 0.1) is 11.9 Å². The summed E-state index contributed by atoms with van der Waals surface area (Å²) in [7, 11) is 0. The van der Waals surface area contributed by atoms with Crippen LogP contribution in [-0.2, 0) is 0 Å². The molecule has 0 aliphatic heterocycles. The minimum absolute atomic E-state index is 0.144. The maximum absolute atomic E-state index is 12.7. The molecular weight excluding hydrogens is 195 g/mol. The van der Waals surface area contributed by atoms with Gasteiger partial charge in [0, 0.05) is 6.54 Å². The second-order valence-corrected chi connectivity index (χ2v) is 3.83. The number of carbonyl (C=O) groups is 1. The normalized spacial score (nSPS) is 15.0. The summed E-state index contributed by atoms with van der Waals surface area (Å²) in [5.41, 5.74) is 0.144. The van der Waals surface area contributed by atoms with Gasteiger partial charge < -0.3 is 5.32 Å². The fraction of sp³-hybridized carbons (Fsp3) is 0.455. The first kappa shape index (κ1) is 10.1. The smallest absolute Gasteiger partial charge is 0.269 e. The van der Waals surface area contributed by atoms with Crippen molar-refractivity contribution in [3.63, 3.8) is 0 Å². The van der Waals surface area contributed by atoms with Crippen LogP contribution < -0.4 is 5.32 Å². The molecular formula is C11H13FN2O. The lowest BCUT2D eigenvalue weighted by Gasteiger charge is -2.03. The number of halogens is 1. The first-order valence-electron chi connectivity index (χ1n) is 5.16. The SMILES string of the molecule is O=C(NCCC1CC1)c1cccc(F)n1. The highest BCUT2D eigenvalue weighted by Crippen LogP contribution is 2.31. The predicted molar refractivity (Wildman–Crippen MR) is 53.9 cm³/mol. The van der Waals surface area contributed by atoms with E-state index in [1.54, 1.807) is 0 Å². The van der Waals surface area contributed by atoms with Crippen molar-refractivity contribution in [3.05, 3.63) is 29.8 Å². The van der Waals surface area contributed by atoms with Gasteiger partial charge in [0.15, 0.2) is 0 Å². The van der Waals surface area contributed by atoms with Gasteiger partial charge in [0.05, 0.1) is 0 Å². The van der Waals surface area contributed by atoms with Gasteiger partial charge in [-0.3, -0.25) is 4.79 Å². The number of aromatic nitrogens is 1. The summed E-state index contributed by atoms with van der Waals surface area (Å²) in [4.78, 5) is 15.0. The van der Waals surface area contributed by atoms with Gasteiger partial charge in [-0.15, -0.1) is 0 Å². The molecule has 4 heteroatoms. The number of rotatable bonds is 4. The van der Waals surface area contributed by atoms with Crippen LogP contribution in [0.25, 0.3) is 0 Å². The number of amides is 1. The molecule has 1 saturated carbocycles. The van der Waals surface area contributed by atoms with Gasteiger partial charge in [0.2, 0.25) is 5.95 Å². The lowest BCUT2D eigenvalue weighted by atomic mass is 10.3. The molecule has 1 aliphatic carbocycles. The minimum atomic E-state index is -0.621. The van der Waals surface area contributed by atoms with E-state index in [0.29, 0.717) is 6.54 Å². The molecule has 1 fully saturated rings. The first-order valence-corrected chi connectivity index (χ1v) is 5.16. The lowest BCUT2D eigenvalue weighted by molar-refractivity contribution is 0.0946. The Morgan fingerprint density at radius 3 is 3.00 bits per heavy atom. The number of pyridine rings is 1. The molecule has 1 heterocycles. The molecule has 1 amide bonds. The van der Waals surface area contributed by atoms with E-state index in [1.807, 2.05) is 0 Å². The van der Waals surface area contributed by atoms with E-state index in [9.17, 15) is 9.18 Å². The molecule has 1 aliphatic rings. The summed E-state index contributed by atoms with van der Waals surface area (Å²) in [6, 6.07) is 4.22. The zero-order valence-corrected chi connectivity index (χ0v) is 8.37. The zero-order valence-electron chi connectivity index (χ0n) is 8.37. The Morgan fingerprint density at radius 1 is 1.53 bits per heavy atom. The molecule has 1 N–H and O–H groups in total. The topological polar surface area (TPSA) is 42.0 Å². The number of hydrogen-bond donors (Lipinski definition) is 1. The van der Waals surface area contributed by atoms with Crippen LogP contribution in [0.4, 0.5) is 4.39 Å². The Balaban J connectivity index is 1.83. The van der Waals surface area contributed by atoms with Gasteiger partial charge in [-0.05, 0) is 24.5 Å². The predicted octanol–water partition coefficient (Wildman–Crippen LogP) is 1.75. The summed E-state index contributed by atoms with van der Waals surface area (Å²) in [6.07, 6.45) is 3.56. The summed E-state index contributed by atoms with van der Waals surface area (Å²) in [6.45, 7) is 0.654. The molecule has 80 valence electrons.